The minimum Gasteiger partial charge on any atom is -0.408 e. The quantitative estimate of drug-likeness (QED) is 0.681. The lowest BCUT2D eigenvalue weighted by atomic mass is 10.2. The van der Waals surface area contributed by atoms with E-state index in [1.807, 2.05) is 18.2 Å². The zero-order valence-electron chi connectivity index (χ0n) is 8.29. The molecule has 0 atom stereocenters. The molecule has 0 aliphatic rings. The molecule has 0 radical (unpaired) electrons. The molecular weight excluding hydrogens is 260 g/mol. The summed E-state index contributed by atoms with van der Waals surface area (Å²) in [7, 11) is 1.70. The topological polar surface area (TPSA) is 47.2 Å². The molecular formula is C10H11BrN2O2. The van der Waals surface area contributed by atoms with Gasteiger partial charge in [-0.05, 0) is 17.7 Å². The summed E-state index contributed by atoms with van der Waals surface area (Å²) in [4.78, 5) is 11.2. The number of aromatic nitrogens is 1. The molecule has 0 amide bonds. The van der Waals surface area contributed by atoms with Crippen LogP contribution in [-0.2, 0) is 13.6 Å². The first-order chi connectivity index (χ1) is 7.22. The molecule has 80 valence electrons. The van der Waals surface area contributed by atoms with Gasteiger partial charge >= 0.3 is 5.76 Å². The number of rotatable bonds is 3. The van der Waals surface area contributed by atoms with Gasteiger partial charge in [0.15, 0.2) is 5.58 Å². The fraction of sp³-hybridized carbons (Fsp3) is 0.300. The van der Waals surface area contributed by atoms with Gasteiger partial charge in [0, 0.05) is 13.6 Å². The zero-order chi connectivity index (χ0) is 10.8. The number of hydrogen-bond donors (Lipinski definition) is 1. The average molecular weight is 271 g/mol. The minimum atomic E-state index is -0.324. The van der Waals surface area contributed by atoms with Crippen molar-refractivity contribution >= 4 is 27.0 Å². The van der Waals surface area contributed by atoms with Crippen LogP contribution in [0.25, 0.3) is 11.1 Å². The third-order valence-corrected chi connectivity index (χ3v) is 2.68. The molecule has 2 rings (SSSR count). The van der Waals surface area contributed by atoms with Gasteiger partial charge < -0.3 is 9.73 Å². The summed E-state index contributed by atoms with van der Waals surface area (Å²) in [6, 6.07) is 5.72. The number of oxazole rings is 1. The van der Waals surface area contributed by atoms with E-state index in [2.05, 4.69) is 21.2 Å². The molecule has 2 aromatic rings. The van der Waals surface area contributed by atoms with Crippen molar-refractivity contribution in [3.63, 3.8) is 0 Å². The molecule has 1 aromatic carbocycles. The summed E-state index contributed by atoms with van der Waals surface area (Å²) in [6.45, 7) is 0.764. The van der Waals surface area contributed by atoms with Crippen LogP contribution in [0.5, 0.6) is 0 Å². The molecule has 1 heterocycles. The van der Waals surface area contributed by atoms with Gasteiger partial charge in [-0.3, -0.25) is 4.57 Å². The fourth-order valence-corrected chi connectivity index (χ4v) is 1.67. The molecule has 0 bridgehead atoms. The summed E-state index contributed by atoms with van der Waals surface area (Å²) >= 11 is 3.29. The molecule has 0 saturated heterocycles. The van der Waals surface area contributed by atoms with Crippen molar-refractivity contribution in [1.29, 1.82) is 0 Å². The number of halogens is 1. The molecule has 1 N–H and O–H groups in total. The second kappa shape index (κ2) is 4.20. The number of benzene rings is 1. The van der Waals surface area contributed by atoms with E-state index in [9.17, 15) is 4.79 Å². The number of aryl methyl sites for hydroxylation is 1. The van der Waals surface area contributed by atoms with E-state index in [1.54, 1.807) is 7.05 Å². The molecule has 0 spiro atoms. The Kier molecular flexibility index (Phi) is 2.93. The van der Waals surface area contributed by atoms with Crippen LogP contribution < -0.4 is 11.1 Å². The molecule has 0 fully saturated rings. The highest BCUT2D eigenvalue weighted by Crippen LogP contribution is 2.13. The van der Waals surface area contributed by atoms with E-state index >= 15 is 0 Å². The van der Waals surface area contributed by atoms with E-state index in [0.717, 1.165) is 23.1 Å². The number of fused-ring (bicyclic) bond motifs is 1. The van der Waals surface area contributed by atoms with E-state index < -0.39 is 0 Å². The molecule has 0 aliphatic heterocycles. The largest absolute Gasteiger partial charge is 0.419 e. The predicted octanol–water partition coefficient (Wildman–Crippen LogP) is 1.57. The third kappa shape index (κ3) is 1.98. The van der Waals surface area contributed by atoms with E-state index in [-0.39, 0.29) is 5.76 Å². The van der Waals surface area contributed by atoms with Crippen LogP contribution in [0, 0.1) is 0 Å². The third-order valence-electron chi connectivity index (χ3n) is 2.28. The van der Waals surface area contributed by atoms with Crippen molar-refractivity contribution in [3.05, 3.63) is 34.3 Å². The highest BCUT2D eigenvalue weighted by molar-refractivity contribution is 9.09. The van der Waals surface area contributed by atoms with E-state index in [4.69, 9.17) is 4.42 Å². The first-order valence-electron chi connectivity index (χ1n) is 4.57. The van der Waals surface area contributed by atoms with Crippen LogP contribution >= 0.6 is 15.9 Å². The van der Waals surface area contributed by atoms with Crippen LogP contribution in [0.3, 0.4) is 0 Å². The lowest BCUT2D eigenvalue weighted by Gasteiger charge is -2.01. The van der Waals surface area contributed by atoms with Gasteiger partial charge in [-0.2, -0.15) is 0 Å². The van der Waals surface area contributed by atoms with Crippen LogP contribution in [0.15, 0.2) is 27.4 Å². The molecule has 0 saturated carbocycles. The van der Waals surface area contributed by atoms with Gasteiger partial charge in [0.25, 0.3) is 0 Å². The maximum absolute atomic E-state index is 11.2. The Bertz CT molecular complexity index is 530. The van der Waals surface area contributed by atoms with Crippen molar-refractivity contribution in [3.8, 4) is 0 Å². The first kappa shape index (κ1) is 10.4. The summed E-state index contributed by atoms with van der Waals surface area (Å²) in [5, 5.41) is 3.15. The molecule has 5 heteroatoms. The molecule has 15 heavy (non-hydrogen) atoms. The second-order valence-corrected chi connectivity index (χ2v) is 3.85. The minimum absolute atomic E-state index is 0.324. The van der Waals surface area contributed by atoms with Gasteiger partial charge in [-0.1, -0.05) is 22.0 Å². The van der Waals surface area contributed by atoms with E-state index in [0.29, 0.717) is 5.58 Å². The average Bonchev–Trinajstić information content (AvgIpc) is 2.52. The van der Waals surface area contributed by atoms with Crippen molar-refractivity contribution in [2.45, 2.75) is 6.54 Å². The normalized spacial score (nSPS) is 11.1. The van der Waals surface area contributed by atoms with Crippen LogP contribution in [-0.4, -0.2) is 10.0 Å². The second-order valence-electron chi connectivity index (χ2n) is 3.29. The van der Waals surface area contributed by atoms with Crippen LogP contribution in [0.1, 0.15) is 5.56 Å². The summed E-state index contributed by atoms with van der Waals surface area (Å²) < 4.78 is 6.54. The molecule has 4 nitrogen and oxygen atoms in total. The smallest absolute Gasteiger partial charge is 0.408 e. The zero-order valence-corrected chi connectivity index (χ0v) is 9.87. The Morgan fingerprint density at radius 2 is 2.33 bits per heavy atom. The maximum Gasteiger partial charge on any atom is 0.419 e. The molecule has 1 aromatic heterocycles. The van der Waals surface area contributed by atoms with Crippen LogP contribution in [0.2, 0.25) is 0 Å². The van der Waals surface area contributed by atoms with Gasteiger partial charge in [0.1, 0.15) is 0 Å². The fourth-order valence-electron chi connectivity index (χ4n) is 1.47. The van der Waals surface area contributed by atoms with Crippen molar-refractivity contribution < 1.29 is 4.42 Å². The number of nitrogens with zero attached hydrogens (tertiary/aromatic N) is 1. The highest BCUT2D eigenvalue weighted by Gasteiger charge is 2.05. The SMILES string of the molecule is Cn1c(=O)oc2ccc(CNCBr)cc21. The number of hydrogen-bond acceptors (Lipinski definition) is 3. The van der Waals surface area contributed by atoms with Gasteiger partial charge in [-0.15, -0.1) is 0 Å². The maximum atomic E-state index is 11.2. The summed E-state index contributed by atoms with van der Waals surface area (Å²) in [5.74, 6) is -0.324. The monoisotopic (exact) mass is 270 g/mol. The van der Waals surface area contributed by atoms with Gasteiger partial charge in [-0.25, -0.2) is 4.79 Å². The van der Waals surface area contributed by atoms with Gasteiger partial charge in [0.2, 0.25) is 0 Å². The first-order valence-corrected chi connectivity index (χ1v) is 5.69. The van der Waals surface area contributed by atoms with E-state index in [1.165, 1.54) is 4.57 Å². The standard InChI is InChI=1S/C10H11BrN2O2/c1-13-8-4-7(5-12-6-11)2-3-9(8)15-10(13)14/h2-4,12H,5-6H2,1H3. The Morgan fingerprint density at radius 1 is 1.53 bits per heavy atom. The Balaban J connectivity index is 2.45. The van der Waals surface area contributed by atoms with Crippen molar-refractivity contribution in [2.24, 2.45) is 7.05 Å². The summed E-state index contributed by atoms with van der Waals surface area (Å²) in [6.07, 6.45) is 0. The number of nitrogens with one attached hydrogen (secondary N) is 1. The molecule has 0 aliphatic carbocycles. The Hall–Kier alpha value is -1.07. The summed E-state index contributed by atoms with van der Waals surface area (Å²) in [5.41, 5.74) is 3.33. The predicted molar refractivity (Wildman–Crippen MR) is 62.1 cm³/mol. The Labute approximate surface area is 95.0 Å². The molecule has 0 unspecified atom stereocenters. The Morgan fingerprint density at radius 3 is 3.07 bits per heavy atom. The number of alkyl halides is 1. The van der Waals surface area contributed by atoms with Gasteiger partial charge in [0.05, 0.1) is 11.0 Å². The highest BCUT2D eigenvalue weighted by atomic mass is 79.9. The lowest BCUT2D eigenvalue weighted by Crippen LogP contribution is -2.10. The van der Waals surface area contributed by atoms with Crippen molar-refractivity contribution in [2.75, 3.05) is 5.45 Å². The van der Waals surface area contributed by atoms with Crippen LogP contribution in [0.4, 0.5) is 0 Å². The van der Waals surface area contributed by atoms with Crippen molar-refractivity contribution in [1.82, 2.24) is 9.88 Å². The lowest BCUT2D eigenvalue weighted by molar-refractivity contribution is 0.528.